The van der Waals surface area contributed by atoms with E-state index in [1.807, 2.05) is 26.2 Å². The molecule has 2 aromatic heterocycles. The Balaban J connectivity index is 0.000000774. The highest BCUT2D eigenvalue weighted by Gasteiger charge is 2.17. The van der Waals surface area contributed by atoms with Crippen LogP contribution in [0.1, 0.15) is 18.5 Å². The predicted molar refractivity (Wildman–Crippen MR) is 84.9 cm³/mol. The predicted octanol–water partition coefficient (Wildman–Crippen LogP) is 0.943. The summed E-state index contributed by atoms with van der Waals surface area (Å²) in [5, 5.41) is 4.35. The molecule has 4 N–H and O–H groups in total. The molecular formula is C14H23N7. The molecule has 0 unspecified atom stereocenters. The van der Waals surface area contributed by atoms with Crippen molar-refractivity contribution in [3.05, 3.63) is 18.0 Å². The maximum Gasteiger partial charge on any atom is 0.222 e. The van der Waals surface area contributed by atoms with E-state index in [1.165, 1.54) is 19.9 Å². The molecular weight excluding hydrogens is 266 g/mol. The number of nitrogens with zero attached hydrogens (tertiary/aromatic N) is 5. The van der Waals surface area contributed by atoms with Gasteiger partial charge in [0.25, 0.3) is 0 Å². The molecule has 21 heavy (non-hydrogen) atoms. The Morgan fingerprint density at radius 1 is 1.14 bits per heavy atom. The third-order valence-electron chi connectivity index (χ3n) is 3.45. The number of aromatic nitrogens is 4. The third kappa shape index (κ3) is 3.30. The van der Waals surface area contributed by atoms with Crippen molar-refractivity contribution < 1.29 is 0 Å². The molecule has 7 heteroatoms. The first-order valence-corrected chi connectivity index (χ1v) is 7.11. The molecule has 0 aromatic carbocycles. The molecule has 0 bridgehead atoms. The zero-order valence-corrected chi connectivity index (χ0v) is 12.9. The van der Waals surface area contributed by atoms with Gasteiger partial charge in [0.05, 0.1) is 11.4 Å². The molecule has 7 nitrogen and oxygen atoms in total. The summed E-state index contributed by atoms with van der Waals surface area (Å²) in [6.07, 6.45) is 4.39. The highest BCUT2D eigenvalue weighted by molar-refractivity contribution is 5.66. The largest absolute Gasteiger partial charge is 0.368 e. The van der Waals surface area contributed by atoms with E-state index in [4.69, 9.17) is 5.73 Å². The van der Waals surface area contributed by atoms with Crippen molar-refractivity contribution in [2.45, 2.75) is 19.8 Å². The van der Waals surface area contributed by atoms with Crippen molar-refractivity contribution in [3.63, 3.8) is 0 Å². The lowest BCUT2D eigenvalue weighted by Crippen LogP contribution is -2.19. The number of nitrogen functional groups attached to an aromatic ring is 1. The van der Waals surface area contributed by atoms with Crippen LogP contribution >= 0.6 is 0 Å². The minimum Gasteiger partial charge on any atom is -0.368 e. The van der Waals surface area contributed by atoms with Crippen LogP contribution in [-0.4, -0.2) is 39.9 Å². The van der Waals surface area contributed by atoms with Crippen LogP contribution in [0.15, 0.2) is 12.3 Å². The van der Waals surface area contributed by atoms with Gasteiger partial charge in [-0.05, 0) is 26.8 Å². The van der Waals surface area contributed by atoms with Crippen LogP contribution < -0.4 is 16.4 Å². The fourth-order valence-corrected chi connectivity index (χ4v) is 2.55. The van der Waals surface area contributed by atoms with Gasteiger partial charge in [0.1, 0.15) is 5.82 Å². The Labute approximate surface area is 125 Å². The average Bonchev–Trinajstić information content (AvgIpc) is 3.10. The lowest BCUT2D eigenvalue weighted by molar-refractivity contribution is 0.756. The maximum absolute atomic E-state index is 5.85. The smallest absolute Gasteiger partial charge is 0.222 e. The minimum absolute atomic E-state index is 0.322. The van der Waals surface area contributed by atoms with Crippen LogP contribution in [0.3, 0.4) is 0 Å². The zero-order chi connectivity index (χ0) is 15.4. The first kappa shape index (κ1) is 15.2. The molecule has 0 spiro atoms. The molecule has 0 saturated carbocycles. The summed E-state index contributed by atoms with van der Waals surface area (Å²) < 4.78 is 1.79. The van der Waals surface area contributed by atoms with E-state index in [9.17, 15) is 0 Å². The summed E-state index contributed by atoms with van der Waals surface area (Å²) in [7, 11) is 3.41. The van der Waals surface area contributed by atoms with Crippen molar-refractivity contribution in [2.24, 2.45) is 12.8 Å². The van der Waals surface area contributed by atoms with E-state index in [0.717, 1.165) is 35.9 Å². The molecule has 2 aromatic rings. The van der Waals surface area contributed by atoms with Gasteiger partial charge < -0.3 is 16.4 Å². The Kier molecular flexibility index (Phi) is 4.74. The first-order valence-electron chi connectivity index (χ1n) is 7.11. The Hall–Kier alpha value is -2.15. The molecule has 0 amide bonds. The molecule has 0 atom stereocenters. The van der Waals surface area contributed by atoms with Gasteiger partial charge in [0.2, 0.25) is 5.95 Å². The van der Waals surface area contributed by atoms with E-state index in [0.29, 0.717) is 5.95 Å². The molecule has 1 saturated heterocycles. The minimum atomic E-state index is 0.322. The highest BCUT2D eigenvalue weighted by atomic mass is 15.3. The molecule has 0 radical (unpaired) electrons. The fourth-order valence-electron chi connectivity index (χ4n) is 2.55. The SMILES string of the molecule is CN.Cc1nn(C)cc1-c1cc(N2CCCC2)nc(N)n1. The normalized spacial score (nSPS) is 14.0. The van der Waals surface area contributed by atoms with Crippen molar-refractivity contribution in [1.82, 2.24) is 19.7 Å². The molecule has 1 aliphatic heterocycles. The van der Waals surface area contributed by atoms with Gasteiger partial charge in [-0.1, -0.05) is 0 Å². The second-order valence-electron chi connectivity index (χ2n) is 4.97. The van der Waals surface area contributed by atoms with E-state index < -0.39 is 0 Å². The standard InChI is InChI=1S/C13H18N6.CH5N/c1-9-10(8-18(2)17-9)11-7-12(16-13(14)15-11)19-5-3-4-6-19;1-2/h7-8H,3-6H2,1-2H3,(H2,14,15,16);2H2,1H3. The fraction of sp³-hybridized carbons (Fsp3) is 0.500. The zero-order valence-electron chi connectivity index (χ0n) is 12.9. The monoisotopic (exact) mass is 289 g/mol. The second-order valence-corrected chi connectivity index (χ2v) is 4.97. The van der Waals surface area contributed by atoms with E-state index in [2.05, 4.69) is 25.7 Å². The molecule has 3 rings (SSSR count). The summed E-state index contributed by atoms with van der Waals surface area (Å²) in [4.78, 5) is 10.9. The van der Waals surface area contributed by atoms with Gasteiger partial charge in [-0.25, -0.2) is 4.98 Å². The summed E-state index contributed by atoms with van der Waals surface area (Å²) in [6, 6.07) is 2.01. The third-order valence-corrected chi connectivity index (χ3v) is 3.45. The van der Waals surface area contributed by atoms with Crippen molar-refractivity contribution in [1.29, 1.82) is 0 Å². The Bertz CT molecular complexity index is 599. The number of anilines is 2. The van der Waals surface area contributed by atoms with Gasteiger partial charge in [-0.3, -0.25) is 4.68 Å². The Morgan fingerprint density at radius 2 is 1.81 bits per heavy atom. The molecule has 1 fully saturated rings. The first-order chi connectivity index (χ1) is 10.1. The Morgan fingerprint density at radius 3 is 2.38 bits per heavy atom. The number of nitrogens with two attached hydrogens (primary N) is 2. The van der Waals surface area contributed by atoms with Crippen LogP contribution in [0, 0.1) is 6.92 Å². The number of rotatable bonds is 2. The highest BCUT2D eigenvalue weighted by Crippen LogP contribution is 2.26. The van der Waals surface area contributed by atoms with Crippen molar-refractivity contribution >= 4 is 11.8 Å². The lowest BCUT2D eigenvalue weighted by Gasteiger charge is -2.17. The van der Waals surface area contributed by atoms with Gasteiger partial charge in [-0.15, -0.1) is 0 Å². The molecule has 1 aliphatic rings. The summed E-state index contributed by atoms with van der Waals surface area (Å²) in [5.41, 5.74) is 13.2. The average molecular weight is 289 g/mol. The van der Waals surface area contributed by atoms with Crippen molar-refractivity contribution in [3.8, 4) is 11.3 Å². The van der Waals surface area contributed by atoms with Crippen molar-refractivity contribution in [2.75, 3.05) is 30.8 Å². The van der Waals surface area contributed by atoms with Gasteiger partial charge >= 0.3 is 0 Å². The van der Waals surface area contributed by atoms with Gasteiger partial charge in [-0.2, -0.15) is 10.1 Å². The number of aryl methyl sites for hydroxylation is 2. The number of hydrogen-bond donors (Lipinski definition) is 2. The van der Waals surface area contributed by atoms with Crippen LogP contribution in [0.25, 0.3) is 11.3 Å². The topological polar surface area (TPSA) is 98.9 Å². The molecule has 0 aliphatic carbocycles. The molecule has 114 valence electrons. The quantitative estimate of drug-likeness (QED) is 0.853. The molecule has 3 heterocycles. The van der Waals surface area contributed by atoms with Gasteiger partial charge in [0.15, 0.2) is 0 Å². The number of hydrogen-bond acceptors (Lipinski definition) is 6. The van der Waals surface area contributed by atoms with E-state index in [-0.39, 0.29) is 0 Å². The van der Waals surface area contributed by atoms with Crippen LogP contribution in [-0.2, 0) is 7.05 Å². The summed E-state index contributed by atoms with van der Waals surface area (Å²) >= 11 is 0. The van der Waals surface area contributed by atoms with Gasteiger partial charge in [0, 0.05) is 38.0 Å². The lowest BCUT2D eigenvalue weighted by atomic mass is 10.2. The van der Waals surface area contributed by atoms with E-state index >= 15 is 0 Å². The van der Waals surface area contributed by atoms with E-state index in [1.54, 1.807) is 4.68 Å². The van der Waals surface area contributed by atoms with Crippen LogP contribution in [0.2, 0.25) is 0 Å². The van der Waals surface area contributed by atoms with Crippen LogP contribution in [0.4, 0.5) is 11.8 Å². The summed E-state index contributed by atoms with van der Waals surface area (Å²) in [5.74, 6) is 1.24. The summed E-state index contributed by atoms with van der Waals surface area (Å²) in [6.45, 7) is 4.06. The van der Waals surface area contributed by atoms with Crippen LogP contribution in [0.5, 0.6) is 0 Å². The maximum atomic E-state index is 5.85. The second kappa shape index (κ2) is 6.53.